The second-order valence-corrected chi connectivity index (χ2v) is 4.54. The summed E-state index contributed by atoms with van der Waals surface area (Å²) in [6.45, 7) is 3.32. The Hall–Kier alpha value is -0.930. The summed E-state index contributed by atoms with van der Waals surface area (Å²) in [5, 5.41) is 9.69. The zero-order valence-electron chi connectivity index (χ0n) is 9.62. The van der Waals surface area contributed by atoms with Crippen LogP contribution in [0.1, 0.15) is 19.8 Å². The molecule has 0 aliphatic carbocycles. The van der Waals surface area contributed by atoms with E-state index in [1.807, 2.05) is 17.9 Å². The van der Waals surface area contributed by atoms with Crippen molar-refractivity contribution in [3.05, 3.63) is 28.2 Å². The first kappa shape index (κ1) is 14.1. The normalized spacial score (nSPS) is 10.3. The Kier molecular flexibility index (Phi) is 5.59. The quantitative estimate of drug-likeness (QED) is 0.861. The third kappa shape index (κ3) is 4.44. The van der Waals surface area contributed by atoms with Gasteiger partial charge in [-0.1, -0.05) is 30.1 Å². The number of benzene rings is 1. The van der Waals surface area contributed by atoms with Crippen LogP contribution in [0.5, 0.6) is 0 Å². The number of hydrogen-bond acceptors (Lipinski definition) is 2. The molecule has 1 N–H and O–H groups in total. The van der Waals surface area contributed by atoms with Gasteiger partial charge < -0.3 is 10.0 Å². The van der Waals surface area contributed by atoms with Gasteiger partial charge in [-0.3, -0.25) is 4.79 Å². The molecular formula is C12H15Cl2NO2. The third-order valence-electron chi connectivity index (χ3n) is 2.36. The van der Waals surface area contributed by atoms with E-state index >= 15 is 0 Å². The summed E-state index contributed by atoms with van der Waals surface area (Å²) < 4.78 is 0. The summed E-state index contributed by atoms with van der Waals surface area (Å²) in [4.78, 5) is 12.6. The molecule has 0 unspecified atom stereocenters. The van der Waals surface area contributed by atoms with Crippen LogP contribution in [0.25, 0.3) is 0 Å². The molecule has 1 aromatic carbocycles. The van der Waals surface area contributed by atoms with E-state index in [9.17, 15) is 4.79 Å². The molecule has 0 heterocycles. The molecule has 0 radical (unpaired) electrons. The van der Waals surface area contributed by atoms with Gasteiger partial charge in [0.25, 0.3) is 0 Å². The first-order chi connectivity index (χ1) is 8.04. The largest absolute Gasteiger partial charge is 0.481 e. The smallest absolute Gasteiger partial charge is 0.305 e. The lowest BCUT2D eigenvalue weighted by Crippen LogP contribution is -2.26. The summed E-state index contributed by atoms with van der Waals surface area (Å²) in [6, 6.07) is 5.34. The lowest BCUT2D eigenvalue weighted by molar-refractivity contribution is -0.136. The van der Waals surface area contributed by atoms with E-state index in [1.54, 1.807) is 12.1 Å². The Labute approximate surface area is 111 Å². The van der Waals surface area contributed by atoms with Gasteiger partial charge in [0.05, 0.1) is 16.5 Å². The molecule has 1 rings (SSSR count). The maximum atomic E-state index is 10.6. The Balaban J connectivity index is 2.81. The van der Waals surface area contributed by atoms with Crippen molar-refractivity contribution in [1.29, 1.82) is 0 Å². The highest BCUT2D eigenvalue weighted by Crippen LogP contribution is 2.27. The Bertz CT molecular complexity index is 396. The molecule has 0 fully saturated rings. The third-order valence-corrected chi connectivity index (χ3v) is 3.10. The SMILES string of the molecule is CCCN(CCC(=O)O)c1ccc(Cl)c(Cl)c1. The molecule has 0 aliphatic heterocycles. The summed E-state index contributed by atoms with van der Waals surface area (Å²) in [7, 11) is 0. The molecular weight excluding hydrogens is 261 g/mol. The average molecular weight is 276 g/mol. The first-order valence-corrected chi connectivity index (χ1v) is 6.22. The monoisotopic (exact) mass is 275 g/mol. The minimum Gasteiger partial charge on any atom is -0.481 e. The molecule has 17 heavy (non-hydrogen) atoms. The van der Waals surface area contributed by atoms with Gasteiger partial charge >= 0.3 is 5.97 Å². The summed E-state index contributed by atoms with van der Waals surface area (Å²) >= 11 is 11.8. The molecule has 0 atom stereocenters. The van der Waals surface area contributed by atoms with E-state index in [0.29, 0.717) is 16.6 Å². The fourth-order valence-corrected chi connectivity index (χ4v) is 1.84. The maximum absolute atomic E-state index is 10.6. The molecule has 0 bridgehead atoms. The molecule has 94 valence electrons. The highest BCUT2D eigenvalue weighted by atomic mass is 35.5. The number of nitrogens with zero attached hydrogens (tertiary/aromatic N) is 1. The van der Waals surface area contributed by atoms with Crippen molar-refractivity contribution in [1.82, 2.24) is 0 Å². The molecule has 0 aromatic heterocycles. The van der Waals surface area contributed by atoms with E-state index in [1.165, 1.54) is 0 Å². The van der Waals surface area contributed by atoms with Gasteiger partial charge in [-0.25, -0.2) is 0 Å². The van der Waals surface area contributed by atoms with E-state index in [-0.39, 0.29) is 6.42 Å². The predicted octanol–water partition coefficient (Wildman–Crippen LogP) is 3.68. The highest BCUT2D eigenvalue weighted by molar-refractivity contribution is 6.42. The molecule has 0 saturated heterocycles. The molecule has 5 heteroatoms. The number of aliphatic carboxylic acids is 1. The fourth-order valence-electron chi connectivity index (χ4n) is 1.55. The number of halogens is 2. The van der Waals surface area contributed by atoms with Crippen LogP contribution in [0, 0.1) is 0 Å². The van der Waals surface area contributed by atoms with Crippen molar-refractivity contribution in [3.63, 3.8) is 0 Å². The topological polar surface area (TPSA) is 40.5 Å². The number of carboxylic acid groups (broad SMARTS) is 1. The van der Waals surface area contributed by atoms with Crippen LogP contribution in [-0.4, -0.2) is 24.2 Å². The van der Waals surface area contributed by atoms with Gasteiger partial charge in [0.2, 0.25) is 0 Å². The molecule has 0 saturated carbocycles. The second-order valence-electron chi connectivity index (χ2n) is 3.73. The van der Waals surface area contributed by atoms with Crippen molar-refractivity contribution in [2.75, 3.05) is 18.0 Å². The van der Waals surface area contributed by atoms with Crippen LogP contribution in [0.3, 0.4) is 0 Å². The van der Waals surface area contributed by atoms with Gasteiger partial charge in [0, 0.05) is 18.8 Å². The number of carbonyl (C=O) groups is 1. The Morgan fingerprint density at radius 1 is 1.29 bits per heavy atom. The van der Waals surface area contributed by atoms with E-state index in [2.05, 4.69) is 0 Å². The van der Waals surface area contributed by atoms with Crippen LogP contribution in [-0.2, 0) is 4.79 Å². The van der Waals surface area contributed by atoms with Gasteiger partial charge in [-0.15, -0.1) is 0 Å². The molecule has 3 nitrogen and oxygen atoms in total. The van der Waals surface area contributed by atoms with E-state index in [0.717, 1.165) is 18.7 Å². The predicted molar refractivity (Wildman–Crippen MR) is 71.2 cm³/mol. The number of carboxylic acids is 1. The minimum absolute atomic E-state index is 0.111. The lowest BCUT2D eigenvalue weighted by Gasteiger charge is -2.23. The summed E-state index contributed by atoms with van der Waals surface area (Å²) in [5.74, 6) is -0.800. The van der Waals surface area contributed by atoms with Crippen molar-refractivity contribution in [3.8, 4) is 0 Å². The van der Waals surface area contributed by atoms with Crippen molar-refractivity contribution >= 4 is 34.9 Å². The molecule has 0 amide bonds. The maximum Gasteiger partial charge on any atom is 0.305 e. The minimum atomic E-state index is -0.800. The summed E-state index contributed by atoms with van der Waals surface area (Å²) in [6.07, 6.45) is 1.06. The number of hydrogen-bond donors (Lipinski definition) is 1. The highest BCUT2D eigenvalue weighted by Gasteiger charge is 2.09. The van der Waals surface area contributed by atoms with E-state index in [4.69, 9.17) is 28.3 Å². The second kappa shape index (κ2) is 6.72. The number of anilines is 1. The first-order valence-electron chi connectivity index (χ1n) is 5.46. The molecule has 0 spiro atoms. The van der Waals surface area contributed by atoms with Gasteiger partial charge in [-0.05, 0) is 24.6 Å². The zero-order chi connectivity index (χ0) is 12.8. The standard InChI is InChI=1S/C12H15Cl2NO2/c1-2-6-15(7-5-12(16)17)9-3-4-10(13)11(14)8-9/h3-4,8H,2,5-7H2,1H3,(H,16,17). The van der Waals surface area contributed by atoms with Crippen molar-refractivity contribution in [2.45, 2.75) is 19.8 Å². The van der Waals surface area contributed by atoms with Crippen LogP contribution in [0.4, 0.5) is 5.69 Å². The van der Waals surface area contributed by atoms with Crippen molar-refractivity contribution < 1.29 is 9.90 Å². The van der Waals surface area contributed by atoms with Crippen LogP contribution in [0.2, 0.25) is 10.0 Å². The van der Waals surface area contributed by atoms with Crippen LogP contribution < -0.4 is 4.90 Å². The van der Waals surface area contributed by atoms with E-state index < -0.39 is 5.97 Å². The van der Waals surface area contributed by atoms with Gasteiger partial charge in [0.15, 0.2) is 0 Å². The van der Waals surface area contributed by atoms with Crippen LogP contribution >= 0.6 is 23.2 Å². The van der Waals surface area contributed by atoms with Crippen molar-refractivity contribution in [2.24, 2.45) is 0 Å². The van der Waals surface area contributed by atoms with Crippen LogP contribution in [0.15, 0.2) is 18.2 Å². The Morgan fingerprint density at radius 3 is 2.53 bits per heavy atom. The number of rotatable bonds is 6. The summed E-state index contributed by atoms with van der Waals surface area (Å²) in [5.41, 5.74) is 0.905. The molecule has 0 aliphatic rings. The molecule has 1 aromatic rings. The average Bonchev–Trinajstić information content (AvgIpc) is 2.28. The Morgan fingerprint density at radius 2 is 2.00 bits per heavy atom. The van der Waals surface area contributed by atoms with Gasteiger partial charge in [-0.2, -0.15) is 0 Å². The zero-order valence-corrected chi connectivity index (χ0v) is 11.1. The fraction of sp³-hybridized carbons (Fsp3) is 0.417. The van der Waals surface area contributed by atoms with Gasteiger partial charge in [0.1, 0.15) is 0 Å². The lowest BCUT2D eigenvalue weighted by atomic mass is 10.2.